The smallest absolute Gasteiger partial charge is 0.217 e. The summed E-state index contributed by atoms with van der Waals surface area (Å²) in [7, 11) is 0. The van der Waals surface area contributed by atoms with E-state index in [1.165, 1.54) is 13.8 Å². The molecule has 0 bridgehead atoms. The predicted molar refractivity (Wildman–Crippen MR) is 115 cm³/mol. The van der Waals surface area contributed by atoms with Gasteiger partial charge in [-0.15, -0.1) is 0 Å². The third kappa shape index (κ3) is 5.99. The second-order valence-electron chi connectivity index (χ2n) is 9.42. The Morgan fingerprint density at radius 1 is 0.750 bits per heavy atom. The molecule has 9 N–H and O–H groups in total. The van der Waals surface area contributed by atoms with Gasteiger partial charge in [0, 0.05) is 12.8 Å². The number of ether oxygens (including phenoxy) is 5. The van der Waals surface area contributed by atoms with Gasteiger partial charge in [-0.05, 0) is 6.92 Å². The number of nitrogens with one attached hydrogen (secondary N) is 1. The molecule has 15 heteroatoms. The standard InChI is InChI=1S/C21H37NO14/c1-6-12(26)13(27)7(2)32-20(6)36-18-16(30)14(28)9(4-23)34-21(18)35-17-11(22-8(3)25)19(31)33-10(5-24)15(17)29/h6-7,9-21,23-24,26-31H,4-5H2,1-3H3,(H,22,25)/t6-,7-,9+,10+,11+,12-,13+,14-,15-,16-,17+,18+,19?,20-,21-/m0/s1. The summed E-state index contributed by atoms with van der Waals surface area (Å²) >= 11 is 0. The van der Waals surface area contributed by atoms with Gasteiger partial charge < -0.3 is 69.9 Å². The predicted octanol–water partition coefficient (Wildman–Crippen LogP) is -5.13. The molecule has 1 unspecified atom stereocenters. The molecule has 3 aliphatic rings. The Balaban J connectivity index is 1.89. The molecular weight excluding hydrogens is 490 g/mol. The Bertz CT molecular complexity index is 731. The normalized spacial score (nSPS) is 50.0. The molecule has 0 aromatic carbocycles. The molecular formula is C21H37NO14. The van der Waals surface area contributed by atoms with Crippen molar-refractivity contribution in [3.8, 4) is 0 Å². The number of aliphatic hydroxyl groups excluding tert-OH is 8. The van der Waals surface area contributed by atoms with Crippen molar-refractivity contribution in [1.82, 2.24) is 5.32 Å². The summed E-state index contributed by atoms with van der Waals surface area (Å²) in [6, 6.07) is -1.34. The molecule has 1 amide bonds. The molecule has 210 valence electrons. The van der Waals surface area contributed by atoms with E-state index in [-0.39, 0.29) is 0 Å². The molecule has 0 saturated carbocycles. The maximum absolute atomic E-state index is 11.7. The number of hydrogen-bond donors (Lipinski definition) is 9. The van der Waals surface area contributed by atoms with Crippen molar-refractivity contribution in [3.05, 3.63) is 0 Å². The fourth-order valence-electron chi connectivity index (χ4n) is 4.58. The minimum Gasteiger partial charge on any atom is -0.394 e. The maximum Gasteiger partial charge on any atom is 0.217 e. The first kappa shape index (κ1) is 29.5. The molecule has 36 heavy (non-hydrogen) atoms. The Kier molecular flexibility index (Phi) is 10.0. The Hall–Kier alpha value is -1.05. The topological polar surface area (TPSA) is 237 Å². The fourth-order valence-corrected chi connectivity index (χ4v) is 4.58. The molecule has 0 spiro atoms. The average molecular weight is 528 g/mol. The lowest BCUT2D eigenvalue weighted by Crippen LogP contribution is -2.68. The SMILES string of the molecule is CC(=O)N[C@H]1C(O)O[C@H](CO)[C@H](O)[C@@H]1O[C@@H]1O[C@H](CO)[C@H](O)[C@H](O)[C@H]1O[C@@H]1O[C@@H](C)[C@@H](O)[C@@H](O)[C@@H]1C. The van der Waals surface area contributed by atoms with Gasteiger partial charge in [-0.1, -0.05) is 6.92 Å². The first-order chi connectivity index (χ1) is 16.9. The van der Waals surface area contributed by atoms with Crippen LogP contribution in [0.3, 0.4) is 0 Å². The maximum atomic E-state index is 11.7. The highest BCUT2D eigenvalue weighted by Crippen LogP contribution is 2.34. The Labute approximate surface area is 207 Å². The minimum absolute atomic E-state index is 0.599. The molecule has 3 fully saturated rings. The van der Waals surface area contributed by atoms with Gasteiger partial charge in [0.2, 0.25) is 5.91 Å². The van der Waals surface area contributed by atoms with Gasteiger partial charge in [-0.2, -0.15) is 0 Å². The van der Waals surface area contributed by atoms with Crippen LogP contribution in [0.25, 0.3) is 0 Å². The van der Waals surface area contributed by atoms with Gasteiger partial charge >= 0.3 is 0 Å². The summed E-state index contributed by atoms with van der Waals surface area (Å²) in [5.74, 6) is -1.39. The van der Waals surface area contributed by atoms with Crippen molar-refractivity contribution < 1.29 is 69.3 Å². The summed E-state index contributed by atoms with van der Waals surface area (Å²) in [5.41, 5.74) is 0. The summed E-state index contributed by atoms with van der Waals surface area (Å²) in [5, 5.41) is 84.2. The van der Waals surface area contributed by atoms with E-state index in [0.29, 0.717) is 0 Å². The zero-order valence-electron chi connectivity index (χ0n) is 20.1. The van der Waals surface area contributed by atoms with Crippen LogP contribution >= 0.6 is 0 Å². The molecule has 3 saturated heterocycles. The van der Waals surface area contributed by atoms with Crippen molar-refractivity contribution in [2.75, 3.05) is 13.2 Å². The molecule has 0 aliphatic carbocycles. The second-order valence-corrected chi connectivity index (χ2v) is 9.42. The lowest BCUT2D eigenvalue weighted by Gasteiger charge is -2.49. The molecule has 15 atom stereocenters. The van der Waals surface area contributed by atoms with Crippen LogP contribution in [-0.4, -0.2) is 146 Å². The lowest BCUT2D eigenvalue weighted by atomic mass is 9.92. The second kappa shape index (κ2) is 12.2. The van der Waals surface area contributed by atoms with Crippen LogP contribution < -0.4 is 5.32 Å². The summed E-state index contributed by atoms with van der Waals surface area (Å²) in [6.45, 7) is 2.75. The van der Waals surface area contributed by atoms with Crippen molar-refractivity contribution in [2.24, 2.45) is 5.92 Å². The monoisotopic (exact) mass is 527 g/mol. The summed E-state index contributed by atoms with van der Waals surface area (Å²) in [6.07, 6.45) is -18.4. The van der Waals surface area contributed by atoms with E-state index in [1.54, 1.807) is 0 Å². The Morgan fingerprint density at radius 3 is 1.92 bits per heavy atom. The minimum atomic E-state index is -1.72. The van der Waals surface area contributed by atoms with Crippen molar-refractivity contribution in [1.29, 1.82) is 0 Å². The third-order valence-electron chi connectivity index (χ3n) is 6.80. The number of rotatable bonds is 7. The van der Waals surface area contributed by atoms with Gasteiger partial charge in [0.05, 0.1) is 25.4 Å². The number of hydrogen-bond acceptors (Lipinski definition) is 14. The molecule has 0 aromatic heterocycles. The van der Waals surface area contributed by atoms with Crippen molar-refractivity contribution in [2.45, 2.75) is 107 Å². The highest BCUT2D eigenvalue weighted by Gasteiger charge is 2.53. The van der Waals surface area contributed by atoms with E-state index in [1.807, 2.05) is 0 Å². The van der Waals surface area contributed by atoms with Crippen molar-refractivity contribution >= 4 is 5.91 Å². The summed E-state index contributed by atoms with van der Waals surface area (Å²) < 4.78 is 28.1. The van der Waals surface area contributed by atoms with Crippen LogP contribution in [0.4, 0.5) is 0 Å². The molecule has 3 aliphatic heterocycles. The van der Waals surface area contributed by atoms with Crippen LogP contribution in [0, 0.1) is 5.92 Å². The molecule has 0 aromatic rings. The van der Waals surface area contributed by atoms with Crippen LogP contribution in [-0.2, 0) is 28.5 Å². The number of aliphatic hydroxyl groups is 8. The van der Waals surface area contributed by atoms with Gasteiger partial charge in [0.15, 0.2) is 18.9 Å². The first-order valence-corrected chi connectivity index (χ1v) is 11.8. The zero-order valence-corrected chi connectivity index (χ0v) is 20.1. The number of carbonyl (C=O) groups is 1. The first-order valence-electron chi connectivity index (χ1n) is 11.8. The van der Waals surface area contributed by atoms with Crippen LogP contribution in [0.15, 0.2) is 0 Å². The largest absolute Gasteiger partial charge is 0.394 e. The molecule has 0 radical (unpaired) electrons. The van der Waals surface area contributed by atoms with E-state index in [4.69, 9.17) is 23.7 Å². The van der Waals surface area contributed by atoms with E-state index in [9.17, 15) is 45.6 Å². The zero-order chi connectivity index (χ0) is 26.9. The summed E-state index contributed by atoms with van der Waals surface area (Å²) in [4.78, 5) is 11.7. The highest BCUT2D eigenvalue weighted by molar-refractivity contribution is 5.73. The highest BCUT2D eigenvalue weighted by atomic mass is 16.8. The van der Waals surface area contributed by atoms with Gasteiger partial charge in [0.1, 0.15) is 54.9 Å². The van der Waals surface area contributed by atoms with Gasteiger partial charge in [-0.3, -0.25) is 4.79 Å². The van der Waals surface area contributed by atoms with E-state index in [0.717, 1.165) is 6.92 Å². The third-order valence-corrected chi connectivity index (χ3v) is 6.80. The van der Waals surface area contributed by atoms with Crippen LogP contribution in [0.2, 0.25) is 0 Å². The molecule has 15 nitrogen and oxygen atoms in total. The number of carbonyl (C=O) groups excluding carboxylic acids is 1. The van der Waals surface area contributed by atoms with Gasteiger partial charge in [0.25, 0.3) is 0 Å². The number of amides is 1. The van der Waals surface area contributed by atoms with E-state index >= 15 is 0 Å². The Morgan fingerprint density at radius 2 is 1.33 bits per heavy atom. The van der Waals surface area contributed by atoms with E-state index in [2.05, 4.69) is 5.32 Å². The molecule has 3 rings (SSSR count). The average Bonchev–Trinajstić information content (AvgIpc) is 2.83. The van der Waals surface area contributed by atoms with Crippen LogP contribution in [0.1, 0.15) is 20.8 Å². The van der Waals surface area contributed by atoms with Gasteiger partial charge in [-0.25, -0.2) is 0 Å². The van der Waals surface area contributed by atoms with E-state index < -0.39 is 111 Å². The van der Waals surface area contributed by atoms with Crippen molar-refractivity contribution in [3.63, 3.8) is 0 Å². The fraction of sp³-hybridized carbons (Fsp3) is 0.952. The van der Waals surface area contributed by atoms with Crippen LogP contribution in [0.5, 0.6) is 0 Å². The molecule has 3 heterocycles. The quantitative estimate of drug-likeness (QED) is 0.151. The lowest BCUT2D eigenvalue weighted by molar-refractivity contribution is -0.375.